The minimum atomic E-state index is -1.37. The first-order valence-electron chi connectivity index (χ1n) is 9.21. The van der Waals surface area contributed by atoms with Gasteiger partial charge in [-0.1, -0.05) is 30.3 Å². The molecule has 0 spiro atoms. The molecule has 2 aromatic carbocycles. The van der Waals surface area contributed by atoms with Gasteiger partial charge in [-0.15, -0.1) is 0 Å². The average molecular weight is 396 g/mol. The van der Waals surface area contributed by atoms with Gasteiger partial charge in [0, 0.05) is 17.0 Å². The Morgan fingerprint density at radius 2 is 2.00 bits per heavy atom. The minimum absolute atomic E-state index is 0. The summed E-state index contributed by atoms with van der Waals surface area (Å²) in [6.45, 7) is 1.56. The van der Waals surface area contributed by atoms with E-state index in [-0.39, 0.29) is 47.2 Å². The van der Waals surface area contributed by atoms with E-state index in [0.29, 0.717) is 12.0 Å². The maximum atomic E-state index is 12.4. The number of aromatic nitrogens is 1. The molecule has 0 radical (unpaired) electrons. The van der Waals surface area contributed by atoms with Gasteiger partial charge >= 0.3 is 29.6 Å². The predicted molar refractivity (Wildman–Crippen MR) is 102 cm³/mol. The standard InChI is InChI=1S/C22H18N2O4.Na/c1-11(25)19-18-9-16(20(22(27)28)24(18)21(19)26)12-6-7-13-10-23-17-5-3-2-4-14(17)15(13)8-12;/h2-8,10-11,18-19,25H,9H2,1H3,(H,27,28);/q;+1/p-1/t11-,18?,19-;/m1./s1. The molecular formula is C22H17N2NaO4. The molecule has 7 heteroatoms. The number of fused-ring (bicyclic) bond motifs is 4. The summed E-state index contributed by atoms with van der Waals surface area (Å²) in [6.07, 6.45) is 1.37. The smallest absolute Gasteiger partial charge is 0.543 e. The Labute approximate surface area is 189 Å². The number of carbonyl (C=O) groups excluding carboxylic acids is 2. The number of pyridine rings is 1. The first kappa shape index (κ1) is 20.0. The van der Waals surface area contributed by atoms with Crippen molar-refractivity contribution in [1.82, 2.24) is 9.88 Å². The van der Waals surface area contributed by atoms with Crippen LogP contribution < -0.4 is 34.7 Å². The van der Waals surface area contributed by atoms with E-state index in [2.05, 4.69) is 4.98 Å². The van der Waals surface area contributed by atoms with Crippen LogP contribution in [0.2, 0.25) is 0 Å². The van der Waals surface area contributed by atoms with Crippen LogP contribution in [-0.2, 0) is 9.59 Å². The number of hydrogen-bond donors (Lipinski definition) is 1. The van der Waals surface area contributed by atoms with Gasteiger partial charge in [-0.05, 0) is 42.0 Å². The van der Waals surface area contributed by atoms with Gasteiger partial charge in [0.25, 0.3) is 0 Å². The van der Waals surface area contributed by atoms with Gasteiger partial charge in [0.15, 0.2) is 0 Å². The van der Waals surface area contributed by atoms with Crippen molar-refractivity contribution in [2.75, 3.05) is 0 Å². The van der Waals surface area contributed by atoms with Crippen LogP contribution in [0.3, 0.4) is 0 Å². The van der Waals surface area contributed by atoms with E-state index >= 15 is 0 Å². The first-order chi connectivity index (χ1) is 13.5. The van der Waals surface area contributed by atoms with Crippen molar-refractivity contribution in [2.24, 2.45) is 5.92 Å². The minimum Gasteiger partial charge on any atom is -0.543 e. The third-order valence-corrected chi connectivity index (χ3v) is 5.86. The van der Waals surface area contributed by atoms with Crippen LogP contribution in [0.4, 0.5) is 0 Å². The fraction of sp³-hybridized carbons (Fsp3) is 0.227. The molecule has 1 fully saturated rings. The number of nitrogens with zero attached hydrogens (tertiary/aromatic N) is 2. The van der Waals surface area contributed by atoms with E-state index in [4.69, 9.17) is 0 Å². The SMILES string of the molecule is C[C@@H](O)[C@H]1C(=O)N2C(C(=O)[O-])=C(c3ccc4cnc5ccccc5c4c3)CC12.[Na+]. The van der Waals surface area contributed by atoms with E-state index in [9.17, 15) is 19.8 Å². The van der Waals surface area contributed by atoms with Gasteiger partial charge in [-0.3, -0.25) is 9.78 Å². The third kappa shape index (κ3) is 2.90. The zero-order valence-electron chi connectivity index (χ0n) is 16.1. The zero-order valence-corrected chi connectivity index (χ0v) is 18.1. The second-order valence-corrected chi connectivity index (χ2v) is 7.44. The number of carboxylic acid groups (broad SMARTS) is 1. The molecular weight excluding hydrogens is 379 g/mol. The van der Waals surface area contributed by atoms with Crippen LogP contribution in [0.5, 0.6) is 0 Å². The second kappa shape index (κ2) is 7.22. The van der Waals surface area contributed by atoms with Gasteiger partial charge in [0.05, 0.1) is 35.2 Å². The molecule has 1 unspecified atom stereocenters. The fourth-order valence-corrected chi connectivity index (χ4v) is 4.56. The molecule has 1 N–H and O–H groups in total. The number of para-hydroxylation sites is 1. The molecule has 6 nitrogen and oxygen atoms in total. The molecule has 0 saturated carbocycles. The van der Waals surface area contributed by atoms with Crippen molar-refractivity contribution in [1.29, 1.82) is 0 Å². The summed E-state index contributed by atoms with van der Waals surface area (Å²) in [7, 11) is 0. The van der Waals surface area contributed by atoms with Crippen molar-refractivity contribution in [3.05, 3.63) is 59.9 Å². The van der Waals surface area contributed by atoms with Crippen LogP contribution in [0.25, 0.3) is 27.2 Å². The van der Waals surface area contributed by atoms with E-state index in [1.807, 2.05) is 42.5 Å². The molecule has 1 saturated heterocycles. The summed E-state index contributed by atoms with van der Waals surface area (Å²) >= 11 is 0. The number of rotatable bonds is 3. The molecule has 3 aromatic rings. The molecule has 3 heterocycles. The van der Waals surface area contributed by atoms with Crippen molar-refractivity contribution in [3.63, 3.8) is 0 Å². The van der Waals surface area contributed by atoms with E-state index in [1.165, 1.54) is 4.90 Å². The number of amides is 1. The summed E-state index contributed by atoms with van der Waals surface area (Å²) < 4.78 is 0. The average Bonchev–Trinajstić information content (AvgIpc) is 3.02. The Kier molecular flexibility index (Phi) is 4.99. The van der Waals surface area contributed by atoms with Crippen molar-refractivity contribution in [3.8, 4) is 0 Å². The molecule has 1 amide bonds. The molecule has 3 atom stereocenters. The summed E-state index contributed by atoms with van der Waals surface area (Å²) in [5, 5.41) is 24.6. The van der Waals surface area contributed by atoms with Gasteiger partial charge < -0.3 is 19.9 Å². The Hall–Kier alpha value is -2.25. The largest absolute Gasteiger partial charge is 1.00 e. The molecule has 2 aliphatic rings. The van der Waals surface area contributed by atoms with E-state index in [0.717, 1.165) is 27.2 Å². The molecule has 29 heavy (non-hydrogen) atoms. The molecule has 140 valence electrons. The molecule has 5 rings (SSSR count). The number of carbonyl (C=O) groups is 2. The Morgan fingerprint density at radius 3 is 2.72 bits per heavy atom. The number of aliphatic hydroxyl groups excluding tert-OH is 1. The quantitative estimate of drug-likeness (QED) is 0.329. The van der Waals surface area contributed by atoms with Crippen molar-refractivity contribution >= 4 is 39.1 Å². The number of aliphatic carboxylic acids is 1. The number of benzene rings is 2. The van der Waals surface area contributed by atoms with Gasteiger partial charge in [-0.25, -0.2) is 0 Å². The zero-order chi connectivity index (χ0) is 19.6. The number of carboxylic acids is 1. The Morgan fingerprint density at radius 1 is 1.24 bits per heavy atom. The number of aliphatic hydroxyl groups is 1. The van der Waals surface area contributed by atoms with Crippen LogP contribution in [0.1, 0.15) is 18.9 Å². The van der Waals surface area contributed by atoms with Crippen LogP contribution in [0.15, 0.2) is 54.4 Å². The number of β-lactam (4-membered cyclic amide) rings is 1. The monoisotopic (exact) mass is 396 g/mol. The second-order valence-electron chi connectivity index (χ2n) is 7.44. The summed E-state index contributed by atoms with van der Waals surface area (Å²) in [5.41, 5.74) is 2.10. The summed E-state index contributed by atoms with van der Waals surface area (Å²) in [4.78, 5) is 30.0. The Bertz CT molecular complexity index is 1200. The molecule has 0 bridgehead atoms. The normalized spacial score (nSPS) is 21.7. The van der Waals surface area contributed by atoms with Crippen LogP contribution >= 0.6 is 0 Å². The van der Waals surface area contributed by atoms with Crippen molar-refractivity contribution in [2.45, 2.75) is 25.5 Å². The maximum absolute atomic E-state index is 12.4. The summed E-state index contributed by atoms with van der Waals surface area (Å²) in [5.74, 6) is -2.29. The maximum Gasteiger partial charge on any atom is 1.00 e. The van der Waals surface area contributed by atoms with Crippen molar-refractivity contribution < 1.29 is 49.4 Å². The van der Waals surface area contributed by atoms with Crippen LogP contribution in [0, 0.1) is 5.92 Å². The van der Waals surface area contributed by atoms with Crippen LogP contribution in [-0.4, -0.2) is 39.0 Å². The van der Waals surface area contributed by atoms with Gasteiger partial charge in [-0.2, -0.15) is 0 Å². The molecule has 0 aliphatic carbocycles. The number of hydrogen-bond acceptors (Lipinski definition) is 5. The predicted octanol–water partition coefficient (Wildman–Crippen LogP) is -1.54. The first-order valence-corrected chi connectivity index (χ1v) is 9.21. The summed E-state index contributed by atoms with van der Waals surface area (Å²) in [6, 6.07) is 13.2. The van der Waals surface area contributed by atoms with E-state index < -0.39 is 18.0 Å². The third-order valence-electron chi connectivity index (χ3n) is 5.86. The Balaban J connectivity index is 0.00000205. The fourth-order valence-electron chi connectivity index (χ4n) is 4.56. The topological polar surface area (TPSA) is 93.6 Å². The van der Waals surface area contributed by atoms with Gasteiger partial charge in [0.1, 0.15) is 0 Å². The molecule has 2 aliphatic heterocycles. The van der Waals surface area contributed by atoms with E-state index in [1.54, 1.807) is 13.1 Å². The van der Waals surface area contributed by atoms with Gasteiger partial charge in [0.2, 0.25) is 5.91 Å². The molecule has 1 aromatic heterocycles.